The van der Waals surface area contributed by atoms with Crippen molar-refractivity contribution >= 4 is 12.0 Å². The number of piperidine rings is 1. The van der Waals surface area contributed by atoms with Gasteiger partial charge >= 0.3 is 6.09 Å². The van der Waals surface area contributed by atoms with E-state index in [0.717, 1.165) is 24.9 Å². The van der Waals surface area contributed by atoms with Crippen LogP contribution in [0.3, 0.4) is 0 Å². The summed E-state index contributed by atoms with van der Waals surface area (Å²) in [5.74, 6) is 0.828. The fourth-order valence-electron chi connectivity index (χ4n) is 3.56. The Hall–Kier alpha value is -3.35. The van der Waals surface area contributed by atoms with Gasteiger partial charge in [0.2, 0.25) is 0 Å². The van der Waals surface area contributed by atoms with Crippen molar-refractivity contribution < 1.29 is 14.1 Å². The lowest BCUT2D eigenvalue weighted by Crippen LogP contribution is -2.34. The number of alkyl carbamates (subject to hydrolysis) is 1. The maximum absolute atomic E-state index is 11.9. The van der Waals surface area contributed by atoms with Gasteiger partial charge in [-0.25, -0.2) is 4.79 Å². The topological polar surface area (TPSA) is 80.5 Å². The van der Waals surface area contributed by atoms with Gasteiger partial charge in [0.15, 0.2) is 6.61 Å². The summed E-state index contributed by atoms with van der Waals surface area (Å²) in [6.45, 7) is 1.22. The smallest absolute Gasteiger partial charge is 0.407 e. The average Bonchev–Trinajstić information content (AvgIpc) is 3.26. The number of aromatic nitrogens is 2. The maximum Gasteiger partial charge on any atom is 0.407 e. The molecule has 1 aliphatic rings. The lowest BCUT2D eigenvalue weighted by molar-refractivity contribution is 0.125. The molecule has 7 nitrogen and oxygen atoms in total. The molecular weight excluding hydrogens is 368 g/mol. The molecule has 1 N–H and O–H groups in total. The quantitative estimate of drug-likeness (QED) is 0.676. The van der Waals surface area contributed by atoms with Crippen LogP contribution in [-0.4, -0.2) is 22.8 Å². The van der Waals surface area contributed by atoms with Gasteiger partial charge in [-0.15, -0.1) is 0 Å². The van der Waals surface area contributed by atoms with Crippen molar-refractivity contribution in [1.29, 1.82) is 0 Å². The number of ether oxygens (including phenoxy) is 1. The molecular formula is C22H24N4O3. The highest BCUT2D eigenvalue weighted by Crippen LogP contribution is 2.33. The van der Waals surface area contributed by atoms with E-state index >= 15 is 0 Å². The van der Waals surface area contributed by atoms with Crippen molar-refractivity contribution in [2.45, 2.75) is 38.5 Å². The van der Waals surface area contributed by atoms with Gasteiger partial charge in [-0.2, -0.15) is 4.98 Å². The number of carbonyl (C=O) groups is 1. The highest BCUT2D eigenvalue weighted by molar-refractivity contribution is 5.67. The zero-order chi connectivity index (χ0) is 19.9. The summed E-state index contributed by atoms with van der Waals surface area (Å²) in [5, 5.41) is 6.82. The first-order chi connectivity index (χ1) is 14.3. The standard InChI is InChI=1S/C22H24N4O3/c27-22(23-15-17-9-3-1-4-10-17)28-16-20-24-21(25-29-20)26-14-8-7-13-19(26)18-11-5-2-6-12-18/h1-6,9-12,19H,7-8,13-16H2,(H,23,27). The number of anilines is 1. The lowest BCUT2D eigenvalue weighted by Gasteiger charge is -2.34. The highest BCUT2D eigenvalue weighted by Gasteiger charge is 2.27. The predicted octanol–water partition coefficient (Wildman–Crippen LogP) is 4.23. The number of hydrogen-bond acceptors (Lipinski definition) is 6. The van der Waals surface area contributed by atoms with Crippen LogP contribution >= 0.6 is 0 Å². The third-order valence-electron chi connectivity index (χ3n) is 5.01. The van der Waals surface area contributed by atoms with Crippen molar-refractivity contribution in [2.75, 3.05) is 11.4 Å². The van der Waals surface area contributed by atoms with Gasteiger partial charge in [-0.05, 0) is 35.5 Å². The Labute approximate surface area is 169 Å². The van der Waals surface area contributed by atoms with Gasteiger partial charge in [0.1, 0.15) is 0 Å². The van der Waals surface area contributed by atoms with E-state index in [1.165, 1.54) is 12.0 Å². The van der Waals surface area contributed by atoms with Crippen molar-refractivity contribution in [1.82, 2.24) is 15.5 Å². The number of nitrogens with zero attached hydrogens (tertiary/aromatic N) is 3. The number of hydrogen-bond donors (Lipinski definition) is 1. The molecule has 1 saturated heterocycles. The summed E-state index contributed by atoms with van der Waals surface area (Å²) >= 11 is 0. The first-order valence-corrected chi connectivity index (χ1v) is 9.88. The molecule has 4 rings (SSSR count). The lowest BCUT2D eigenvalue weighted by atomic mass is 9.96. The molecule has 2 aromatic carbocycles. The van der Waals surface area contributed by atoms with Crippen molar-refractivity contribution in [3.63, 3.8) is 0 Å². The first-order valence-electron chi connectivity index (χ1n) is 9.88. The first kappa shape index (κ1) is 19.0. The molecule has 0 spiro atoms. The number of rotatable bonds is 6. The van der Waals surface area contributed by atoms with Gasteiger partial charge < -0.3 is 19.5 Å². The van der Waals surface area contributed by atoms with Gasteiger partial charge in [0.05, 0.1) is 6.04 Å². The molecule has 150 valence electrons. The Kier molecular flexibility index (Phi) is 6.04. The Bertz CT molecular complexity index is 914. The molecule has 1 aromatic heterocycles. The Balaban J connectivity index is 1.33. The molecule has 1 unspecified atom stereocenters. The van der Waals surface area contributed by atoms with Gasteiger partial charge in [-0.1, -0.05) is 60.7 Å². The molecule has 29 heavy (non-hydrogen) atoms. The number of amides is 1. The van der Waals surface area contributed by atoms with Crippen LogP contribution in [-0.2, 0) is 17.9 Å². The minimum Gasteiger partial charge on any atom is -0.439 e. The third kappa shape index (κ3) is 4.93. The minimum absolute atomic E-state index is 0.0581. The molecule has 0 aliphatic carbocycles. The van der Waals surface area contributed by atoms with E-state index in [4.69, 9.17) is 9.26 Å². The van der Waals surface area contributed by atoms with Crippen LogP contribution in [0.25, 0.3) is 0 Å². The third-order valence-corrected chi connectivity index (χ3v) is 5.01. The summed E-state index contributed by atoms with van der Waals surface area (Å²) in [6, 6.07) is 20.2. The van der Waals surface area contributed by atoms with Gasteiger partial charge in [-0.3, -0.25) is 0 Å². The van der Waals surface area contributed by atoms with Crippen LogP contribution in [0.5, 0.6) is 0 Å². The van der Waals surface area contributed by atoms with E-state index in [9.17, 15) is 4.79 Å². The molecule has 7 heteroatoms. The number of benzene rings is 2. The summed E-state index contributed by atoms with van der Waals surface area (Å²) in [5.41, 5.74) is 2.25. The molecule has 2 heterocycles. The fourth-order valence-corrected chi connectivity index (χ4v) is 3.56. The van der Waals surface area contributed by atoms with Crippen LogP contribution in [0.15, 0.2) is 65.2 Å². The molecule has 1 fully saturated rings. The second kappa shape index (κ2) is 9.23. The van der Waals surface area contributed by atoms with Crippen LogP contribution in [0.4, 0.5) is 10.7 Å². The molecule has 0 bridgehead atoms. The number of nitrogens with one attached hydrogen (secondary N) is 1. The van der Waals surface area contributed by atoms with Crippen LogP contribution in [0, 0.1) is 0 Å². The van der Waals surface area contributed by atoms with E-state index in [1.54, 1.807) is 0 Å². The van der Waals surface area contributed by atoms with E-state index in [2.05, 4.69) is 32.5 Å². The maximum atomic E-state index is 11.9. The van der Waals surface area contributed by atoms with E-state index in [1.807, 2.05) is 48.5 Å². The number of carbonyl (C=O) groups excluding carboxylic acids is 1. The molecule has 1 atom stereocenters. The largest absolute Gasteiger partial charge is 0.439 e. The zero-order valence-electron chi connectivity index (χ0n) is 16.2. The second-order valence-corrected chi connectivity index (χ2v) is 7.02. The van der Waals surface area contributed by atoms with Crippen molar-refractivity contribution in [2.24, 2.45) is 0 Å². The fraction of sp³-hybridized carbons (Fsp3) is 0.318. The van der Waals surface area contributed by atoms with Crippen LogP contribution in [0.1, 0.15) is 42.3 Å². The van der Waals surface area contributed by atoms with E-state index in [0.29, 0.717) is 12.5 Å². The zero-order valence-corrected chi connectivity index (χ0v) is 16.2. The Morgan fingerprint density at radius 2 is 1.86 bits per heavy atom. The summed E-state index contributed by atoms with van der Waals surface area (Å²) in [6.07, 6.45) is 2.79. The molecule has 1 aliphatic heterocycles. The molecule has 1 amide bonds. The SMILES string of the molecule is O=C(NCc1ccccc1)OCc1nc(N2CCCCC2c2ccccc2)no1. The van der Waals surface area contributed by atoms with Gasteiger partial charge in [0, 0.05) is 13.1 Å². The van der Waals surface area contributed by atoms with Crippen molar-refractivity contribution in [3.05, 3.63) is 77.7 Å². The van der Waals surface area contributed by atoms with Gasteiger partial charge in [0.25, 0.3) is 11.8 Å². The molecule has 0 saturated carbocycles. The monoisotopic (exact) mass is 392 g/mol. The van der Waals surface area contributed by atoms with Crippen LogP contribution < -0.4 is 10.2 Å². The second-order valence-electron chi connectivity index (χ2n) is 7.02. The van der Waals surface area contributed by atoms with Crippen molar-refractivity contribution in [3.8, 4) is 0 Å². The van der Waals surface area contributed by atoms with E-state index in [-0.39, 0.29) is 18.5 Å². The summed E-state index contributed by atoms with van der Waals surface area (Å²) in [7, 11) is 0. The highest BCUT2D eigenvalue weighted by atomic mass is 16.6. The van der Waals surface area contributed by atoms with Crippen LogP contribution in [0.2, 0.25) is 0 Å². The predicted molar refractivity (Wildman–Crippen MR) is 108 cm³/mol. The summed E-state index contributed by atoms with van der Waals surface area (Å²) < 4.78 is 10.5. The Morgan fingerprint density at radius 1 is 1.10 bits per heavy atom. The average molecular weight is 392 g/mol. The van der Waals surface area contributed by atoms with E-state index < -0.39 is 6.09 Å². The molecule has 3 aromatic rings. The Morgan fingerprint density at radius 3 is 2.66 bits per heavy atom. The molecule has 0 radical (unpaired) electrons. The summed E-state index contributed by atoms with van der Waals surface area (Å²) in [4.78, 5) is 18.5. The minimum atomic E-state index is -0.520. The normalized spacial score (nSPS) is 16.4.